The lowest BCUT2D eigenvalue weighted by Gasteiger charge is -2.12. The van der Waals surface area contributed by atoms with Crippen molar-refractivity contribution in [1.82, 2.24) is 0 Å². The van der Waals surface area contributed by atoms with Gasteiger partial charge in [-0.2, -0.15) is 11.8 Å². The zero-order valence-electron chi connectivity index (χ0n) is 10.4. The Balaban J connectivity index is 2.20. The SMILES string of the molecule is COC(=O)C(N)CCSCC(O)c1ccccc1. The van der Waals surface area contributed by atoms with Crippen molar-refractivity contribution in [1.29, 1.82) is 0 Å². The smallest absolute Gasteiger partial charge is 0.322 e. The van der Waals surface area contributed by atoms with Crippen molar-refractivity contribution in [2.75, 3.05) is 18.6 Å². The van der Waals surface area contributed by atoms with Gasteiger partial charge in [-0.1, -0.05) is 30.3 Å². The van der Waals surface area contributed by atoms with Gasteiger partial charge in [0, 0.05) is 5.75 Å². The molecule has 2 unspecified atom stereocenters. The minimum absolute atomic E-state index is 0.390. The zero-order valence-corrected chi connectivity index (χ0v) is 11.2. The predicted octanol–water partition coefficient (Wildman–Crippen LogP) is 1.34. The molecule has 0 radical (unpaired) electrons. The van der Waals surface area contributed by atoms with E-state index in [0.29, 0.717) is 12.2 Å². The fourth-order valence-electron chi connectivity index (χ4n) is 1.45. The van der Waals surface area contributed by atoms with Gasteiger partial charge in [0.15, 0.2) is 0 Å². The summed E-state index contributed by atoms with van der Waals surface area (Å²) >= 11 is 1.57. The van der Waals surface area contributed by atoms with Gasteiger partial charge in [0.05, 0.1) is 13.2 Å². The Bertz CT molecular complexity index is 359. The second kappa shape index (κ2) is 8.13. The van der Waals surface area contributed by atoms with E-state index in [1.807, 2.05) is 30.3 Å². The van der Waals surface area contributed by atoms with Gasteiger partial charge in [0.2, 0.25) is 0 Å². The van der Waals surface area contributed by atoms with Gasteiger partial charge in [0.1, 0.15) is 6.04 Å². The van der Waals surface area contributed by atoms with Crippen molar-refractivity contribution in [3.63, 3.8) is 0 Å². The van der Waals surface area contributed by atoms with Crippen LogP contribution in [0.5, 0.6) is 0 Å². The van der Waals surface area contributed by atoms with Crippen molar-refractivity contribution >= 4 is 17.7 Å². The van der Waals surface area contributed by atoms with Crippen LogP contribution in [0.15, 0.2) is 30.3 Å². The number of aliphatic hydroxyl groups is 1. The summed E-state index contributed by atoms with van der Waals surface area (Å²) in [5, 5.41) is 9.90. The first-order valence-corrected chi connectivity index (χ1v) is 6.94. The molecular weight excluding hydrogens is 250 g/mol. The third kappa shape index (κ3) is 5.08. The van der Waals surface area contributed by atoms with Crippen LogP contribution in [0.25, 0.3) is 0 Å². The van der Waals surface area contributed by atoms with Crippen molar-refractivity contribution < 1.29 is 14.6 Å². The molecule has 4 nitrogen and oxygen atoms in total. The number of nitrogens with two attached hydrogens (primary N) is 1. The number of hydrogen-bond donors (Lipinski definition) is 2. The summed E-state index contributed by atoms with van der Waals surface area (Å²) in [5.41, 5.74) is 6.51. The molecule has 0 spiro atoms. The lowest BCUT2D eigenvalue weighted by atomic mass is 10.1. The van der Waals surface area contributed by atoms with Crippen molar-refractivity contribution in [2.24, 2.45) is 5.73 Å². The molecule has 1 rings (SSSR count). The number of methoxy groups -OCH3 is 1. The highest BCUT2D eigenvalue weighted by Crippen LogP contribution is 2.18. The maximum Gasteiger partial charge on any atom is 0.322 e. The first-order chi connectivity index (χ1) is 8.65. The second-order valence-corrected chi connectivity index (χ2v) is 5.07. The summed E-state index contributed by atoms with van der Waals surface area (Å²) < 4.78 is 4.54. The number of aliphatic hydroxyl groups excluding tert-OH is 1. The molecule has 0 amide bonds. The summed E-state index contributed by atoms with van der Waals surface area (Å²) in [5.74, 6) is 0.928. The van der Waals surface area contributed by atoms with Crippen molar-refractivity contribution in [2.45, 2.75) is 18.6 Å². The Hall–Kier alpha value is -1.04. The first kappa shape index (κ1) is 15.0. The zero-order chi connectivity index (χ0) is 13.4. The Morgan fingerprint density at radius 3 is 2.72 bits per heavy atom. The van der Waals surface area contributed by atoms with Crippen molar-refractivity contribution in [3.05, 3.63) is 35.9 Å². The number of carbonyl (C=O) groups excluding carboxylic acids is 1. The highest BCUT2D eigenvalue weighted by molar-refractivity contribution is 7.99. The number of hydrogen-bond acceptors (Lipinski definition) is 5. The summed E-state index contributed by atoms with van der Waals surface area (Å²) in [6.07, 6.45) is 0.0734. The third-order valence-electron chi connectivity index (χ3n) is 2.54. The average Bonchev–Trinajstić information content (AvgIpc) is 2.43. The molecule has 0 aliphatic heterocycles. The lowest BCUT2D eigenvalue weighted by Crippen LogP contribution is -2.32. The number of carbonyl (C=O) groups is 1. The van der Waals surface area contributed by atoms with Crippen molar-refractivity contribution in [3.8, 4) is 0 Å². The van der Waals surface area contributed by atoms with Gasteiger partial charge >= 0.3 is 5.97 Å². The molecule has 1 aromatic carbocycles. The van der Waals surface area contributed by atoms with E-state index in [0.717, 1.165) is 11.3 Å². The van der Waals surface area contributed by atoms with Gasteiger partial charge in [-0.15, -0.1) is 0 Å². The molecule has 0 fully saturated rings. The fraction of sp³-hybridized carbons (Fsp3) is 0.462. The molecule has 0 saturated heterocycles. The summed E-state index contributed by atoms with van der Waals surface area (Å²) in [6, 6.07) is 8.93. The normalized spacial score (nSPS) is 13.9. The summed E-state index contributed by atoms with van der Waals surface area (Å²) in [6.45, 7) is 0. The molecule has 3 N–H and O–H groups in total. The fourth-order valence-corrected chi connectivity index (χ4v) is 2.45. The van der Waals surface area contributed by atoms with E-state index in [-0.39, 0.29) is 5.97 Å². The molecule has 1 aromatic rings. The predicted molar refractivity (Wildman–Crippen MR) is 73.3 cm³/mol. The van der Waals surface area contributed by atoms with Gasteiger partial charge in [-0.3, -0.25) is 4.79 Å². The summed E-state index contributed by atoms with van der Waals surface area (Å²) in [7, 11) is 1.33. The van der Waals surface area contributed by atoms with E-state index in [4.69, 9.17) is 5.73 Å². The first-order valence-electron chi connectivity index (χ1n) is 5.79. The maximum absolute atomic E-state index is 11.1. The highest BCUT2D eigenvalue weighted by atomic mass is 32.2. The van der Waals surface area contributed by atoms with Crippen LogP contribution < -0.4 is 5.73 Å². The third-order valence-corrected chi connectivity index (χ3v) is 3.61. The minimum atomic E-state index is -0.573. The Morgan fingerprint density at radius 1 is 1.44 bits per heavy atom. The minimum Gasteiger partial charge on any atom is -0.468 e. The molecular formula is C13H19NO3S. The van der Waals surface area contributed by atoms with E-state index in [9.17, 15) is 9.90 Å². The van der Waals surface area contributed by atoms with Crippen LogP contribution in [0.3, 0.4) is 0 Å². The molecule has 18 heavy (non-hydrogen) atoms. The number of esters is 1. The van der Waals surface area contributed by atoms with Gasteiger partial charge in [-0.05, 0) is 17.7 Å². The van der Waals surface area contributed by atoms with E-state index < -0.39 is 12.1 Å². The quantitative estimate of drug-likeness (QED) is 0.577. The van der Waals surface area contributed by atoms with Gasteiger partial charge in [0.25, 0.3) is 0 Å². The Labute approximate surface area is 112 Å². The van der Waals surface area contributed by atoms with Crippen LogP contribution in [0.2, 0.25) is 0 Å². The Kier molecular flexibility index (Phi) is 6.78. The molecule has 0 aliphatic rings. The maximum atomic E-state index is 11.1. The van der Waals surface area contributed by atoms with Crippen LogP contribution in [0, 0.1) is 0 Å². The number of thioether (sulfide) groups is 1. The molecule has 100 valence electrons. The van der Waals surface area contributed by atoms with E-state index in [1.54, 1.807) is 11.8 Å². The Morgan fingerprint density at radius 2 is 2.11 bits per heavy atom. The van der Waals surface area contributed by atoms with Gasteiger partial charge in [-0.25, -0.2) is 0 Å². The van der Waals surface area contributed by atoms with Crippen LogP contribution in [0.4, 0.5) is 0 Å². The summed E-state index contributed by atoms with van der Waals surface area (Å²) in [4.78, 5) is 11.1. The number of benzene rings is 1. The molecule has 5 heteroatoms. The van der Waals surface area contributed by atoms with Crippen LogP contribution in [-0.4, -0.2) is 35.7 Å². The number of ether oxygens (including phenoxy) is 1. The largest absolute Gasteiger partial charge is 0.468 e. The molecule has 0 aromatic heterocycles. The molecule has 0 heterocycles. The van der Waals surface area contributed by atoms with E-state index in [1.165, 1.54) is 7.11 Å². The van der Waals surface area contributed by atoms with Crippen LogP contribution >= 0.6 is 11.8 Å². The van der Waals surface area contributed by atoms with E-state index in [2.05, 4.69) is 4.74 Å². The molecule has 0 bridgehead atoms. The lowest BCUT2D eigenvalue weighted by molar-refractivity contribution is -0.142. The average molecular weight is 269 g/mol. The molecule has 2 atom stereocenters. The second-order valence-electron chi connectivity index (χ2n) is 3.92. The topological polar surface area (TPSA) is 72.5 Å². The molecule has 0 saturated carbocycles. The standard InChI is InChI=1S/C13H19NO3S/c1-17-13(16)11(14)7-8-18-9-12(15)10-5-3-2-4-6-10/h2-6,11-12,15H,7-9,14H2,1H3. The van der Waals surface area contributed by atoms with Crippen LogP contribution in [0.1, 0.15) is 18.1 Å². The van der Waals surface area contributed by atoms with Gasteiger partial charge < -0.3 is 15.6 Å². The number of rotatable bonds is 7. The highest BCUT2D eigenvalue weighted by Gasteiger charge is 2.13. The van der Waals surface area contributed by atoms with Crippen LogP contribution in [-0.2, 0) is 9.53 Å². The molecule has 0 aliphatic carbocycles. The van der Waals surface area contributed by atoms with E-state index >= 15 is 0 Å². The monoisotopic (exact) mass is 269 g/mol.